The van der Waals surface area contributed by atoms with Crippen LogP contribution < -0.4 is 5.32 Å². The fraction of sp³-hybridized carbons (Fsp3) is 0.727. The van der Waals surface area contributed by atoms with E-state index in [9.17, 15) is 0 Å². The molecule has 1 aliphatic heterocycles. The Morgan fingerprint density at radius 2 is 2.07 bits per heavy atom. The number of piperazine rings is 1. The lowest BCUT2D eigenvalue weighted by Crippen LogP contribution is -2.53. The Bertz CT molecular complexity index is 310. The number of hydrogen-bond donors (Lipinski definition) is 2. The van der Waals surface area contributed by atoms with Crippen molar-refractivity contribution in [2.75, 3.05) is 13.1 Å². The van der Waals surface area contributed by atoms with Crippen LogP contribution in [0.1, 0.15) is 25.1 Å². The second-order valence-electron chi connectivity index (χ2n) is 4.68. The number of aromatic amines is 1. The highest BCUT2D eigenvalue weighted by molar-refractivity contribution is 5.14. The molecule has 2 atom stereocenters. The van der Waals surface area contributed by atoms with Crippen molar-refractivity contribution in [3.05, 3.63) is 17.5 Å². The third-order valence-corrected chi connectivity index (χ3v) is 2.96. The van der Waals surface area contributed by atoms with Gasteiger partial charge < -0.3 is 5.32 Å². The van der Waals surface area contributed by atoms with E-state index in [1.807, 2.05) is 6.20 Å². The Morgan fingerprint density at radius 1 is 1.40 bits per heavy atom. The first-order chi connectivity index (χ1) is 7.15. The highest BCUT2D eigenvalue weighted by Gasteiger charge is 2.21. The zero-order chi connectivity index (χ0) is 10.8. The van der Waals surface area contributed by atoms with Crippen LogP contribution in [0, 0.1) is 6.92 Å². The van der Waals surface area contributed by atoms with Gasteiger partial charge in [0, 0.05) is 43.0 Å². The third kappa shape index (κ3) is 2.58. The molecule has 0 aromatic carbocycles. The van der Waals surface area contributed by atoms with E-state index in [4.69, 9.17) is 0 Å². The van der Waals surface area contributed by atoms with Gasteiger partial charge in [-0.15, -0.1) is 0 Å². The minimum Gasteiger partial charge on any atom is -0.309 e. The van der Waals surface area contributed by atoms with Crippen molar-refractivity contribution in [3.63, 3.8) is 0 Å². The predicted octanol–water partition coefficient (Wildman–Crippen LogP) is 0.900. The molecule has 0 saturated carbocycles. The molecule has 4 nitrogen and oxygen atoms in total. The van der Waals surface area contributed by atoms with Crippen LogP contribution in [0.15, 0.2) is 6.20 Å². The minimum atomic E-state index is 0.584. The van der Waals surface area contributed by atoms with Crippen LogP contribution in [-0.4, -0.2) is 40.3 Å². The number of nitrogens with zero attached hydrogens (tertiary/aromatic N) is 2. The minimum absolute atomic E-state index is 0.584. The van der Waals surface area contributed by atoms with Crippen LogP contribution in [0.2, 0.25) is 0 Å². The van der Waals surface area contributed by atoms with Crippen LogP contribution in [0.3, 0.4) is 0 Å². The molecule has 0 aliphatic carbocycles. The average molecular weight is 208 g/mol. The molecule has 2 unspecified atom stereocenters. The lowest BCUT2D eigenvalue weighted by Gasteiger charge is -2.36. The molecule has 1 fully saturated rings. The van der Waals surface area contributed by atoms with Gasteiger partial charge in [0.2, 0.25) is 0 Å². The SMILES string of the molecule is Cc1[nH]ncc1CN1CC(C)NC(C)C1. The number of hydrogen-bond acceptors (Lipinski definition) is 3. The number of aromatic nitrogens is 2. The van der Waals surface area contributed by atoms with Crippen LogP contribution in [-0.2, 0) is 6.54 Å². The van der Waals surface area contributed by atoms with E-state index in [0.29, 0.717) is 12.1 Å². The Labute approximate surface area is 91.1 Å². The first-order valence-corrected chi connectivity index (χ1v) is 5.62. The zero-order valence-electron chi connectivity index (χ0n) is 9.75. The Balaban J connectivity index is 1.97. The van der Waals surface area contributed by atoms with E-state index in [1.54, 1.807) is 0 Å². The van der Waals surface area contributed by atoms with E-state index in [0.717, 1.165) is 19.6 Å². The van der Waals surface area contributed by atoms with Crippen molar-refractivity contribution in [1.82, 2.24) is 20.4 Å². The molecule has 1 saturated heterocycles. The maximum absolute atomic E-state index is 4.06. The summed E-state index contributed by atoms with van der Waals surface area (Å²) in [5.74, 6) is 0. The van der Waals surface area contributed by atoms with Gasteiger partial charge in [-0.25, -0.2) is 0 Å². The smallest absolute Gasteiger partial charge is 0.0535 e. The molecule has 0 bridgehead atoms. The Kier molecular flexibility index (Phi) is 3.07. The van der Waals surface area contributed by atoms with Gasteiger partial charge in [-0.05, 0) is 20.8 Å². The van der Waals surface area contributed by atoms with Gasteiger partial charge in [0.05, 0.1) is 6.20 Å². The van der Waals surface area contributed by atoms with Gasteiger partial charge in [-0.1, -0.05) is 0 Å². The summed E-state index contributed by atoms with van der Waals surface area (Å²) >= 11 is 0. The van der Waals surface area contributed by atoms with Crippen molar-refractivity contribution in [2.24, 2.45) is 0 Å². The lowest BCUT2D eigenvalue weighted by molar-refractivity contribution is 0.166. The fourth-order valence-electron chi connectivity index (χ4n) is 2.35. The molecule has 1 aromatic heterocycles. The first kappa shape index (κ1) is 10.6. The Hall–Kier alpha value is -0.870. The number of H-pyrrole nitrogens is 1. The topological polar surface area (TPSA) is 44.0 Å². The fourth-order valence-corrected chi connectivity index (χ4v) is 2.35. The van der Waals surface area contributed by atoms with Crippen molar-refractivity contribution in [3.8, 4) is 0 Å². The summed E-state index contributed by atoms with van der Waals surface area (Å²) in [5, 5.41) is 10.6. The van der Waals surface area contributed by atoms with Gasteiger partial charge in [-0.2, -0.15) is 5.10 Å². The van der Waals surface area contributed by atoms with Gasteiger partial charge in [0.25, 0.3) is 0 Å². The number of rotatable bonds is 2. The summed E-state index contributed by atoms with van der Waals surface area (Å²) in [6.07, 6.45) is 1.94. The molecule has 2 N–H and O–H groups in total. The quantitative estimate of drug-likeness (QED) is 0.759. The summed E-state index contributed by atoms with van der Waals surface area (Å²) in [5.41, 5.74) is 2.50. The molecular weight excluding hydrogens is 188 g/mol. The number of nitrogens with one attached hydrogen (secondary N) is 2. The molecule has 15 heavy (non-hydrogen) atoms. The average Bonchev–Trinajstić information content (AvgIpc) is 2.50. The molecule has 4 heteroatoms. The van der Waals surface area contributed by atoms with Crippen molar-refractivity contribution >= 4 is 0 Å². The van der Waals surface area contributed by atoms with Gasteiger partial charge >= 0.3 is 0 Å². The lowest BCUT2D eigenvalue weighted by atomic mass is 10.1. The predicted molar refractivity (Wildman–Crippen MR) is 60.7 cm³/mol. The van der Waals surface area contributed by atoms with Crippen molar-refractivity contribution in [1.29, 1.82) is 0 Å². The Morgan fingerprint density at radius 3 is 2.60 bits per heavy atom. The molecule has 2 rings (SSSR count). The standard InChI is InChI=1S/C11H20N4/c1-8-5-15(6-9(2)13-8)7-11-4-12-14-10(11)3/h4,8-9,13H,5-7H2,1-3H3,(H,12,14). The summed E-state index contributed by atoms with van der Waals surface area (Å²) < 4.78 is 0. The van der Waals surface area contributed by atoms with Crippen LogP contribution in [0.5, 0.6) is 0 Å². The molecule has 0 amide bonds. The third-order valence-electron chi connectivity index (χ3n) is 2.96. The van der Waals surface area contributed by atoms with E-state index in [-0.39, 0.29) is 0 Å². The zero-order valence-corrected chi connectivity index (χ0v) is 9.75. The van der Waals surface area contributed by atoms with Crippen molar-refractivity contribution < 1.29 is 0 Å². The summed E-state index contributed by atoms with van der Waals surface area (Å²) in [7, 11) is 0. The molecule has 2 heterocycles. The van der Waals surface area contributed by atoms with E-state index in [2.05, 4.69) is 41.2 Å². The molecule has 0 radical (unpaired) electrons. The molecular formula is C11H20N4. The first-order valence-electron chi connectivity index (χ1n) is 5.62. The molecule has 1 aromatic rings. The van der Waals surface area contributed by atoms with Crippen LogP contribution in [0.4, 0.5) is 0 Å². The highest BCUT2D eigenvalue weighted by Crippen LogP contribution is 2.11. The molecule has 1 aliphatic rings. The summed E-state index contributed by atoms with van der Waals surface area (Å²) in [4.78, 5) is 2.49. The molecule has 0 spiro atoms. The van der Waals surface area contributed by atoms with E-state index >= 15 is 0 Å². The van der Waals surface area contributed by atoms with Crippen molar-refractivity contribution in [2.45, 2.75) is 39.4 Å². The highest BCUT2D eigenvalue weighted by atomic mass is 15.2. The monoisotopic (exact) mass is 208 g/mol. The largest absolute Gasteiger partial charge is 0.309 e. The summed E-state index contributed by atoms with van der Waals surface area (Å²) in [6.45, 7) is 9.82. The van der Waals surface area contributed by atoms with E-state index < -0.39 is 0 Å². The second kappa shape index (κ2) is 4.33. The van der Waals surface area contributed by atoms with E-state index in [1.165, 1.54) is 11.3 Å². The maximum atomic E-state index is 4.06. The second-order valence-corrected chi connectivity index (χ2v) is 4.68. The number of aryl methyl sites for hydroxylation is 1. The summed E-state index contributed by atoms with van der Waals surface area (Å²) in [6, 6.07) is 1.17. The van der Waals surface area contributed by atoms with Gasteiger partial charge in [-0.3, -0.25) is 10.00 Å². The normalized spacial score (nSPS) is 28.2. The molecule has 84 valence electrons. The van der Waals surface area contributed by atoms with Gasteiger partial charge in [0.15, 0.2) is 0 Å². The van der Waals surface area contributed by atoms with Crippen LogP contribution >= 0.6 is 0 Å². The maximum Gasteiger partial charge on any atom is 0.0535 e. The van der Waals surface area contributed by atoms with Gasteiger partial charge in [0.1, 0.15) is 0 Å². The van der Waals surface area contributed by atoms with Crippen LogP contribution in [0.25, 0.3) is 0 Å².